The fourth-order valence-electron chi connectivity index (χ4n) is 5.26. The number of hydrogen-bond acceptors (Lipinski definition) is 6. The van der Waals surface area contributed by atoms with Gasteiger partial charge < -0.3 is 26.4 Å². The Labute approximate surface area is 214 Å². The minimum Gasteiger partial charge on any atom is -0.376 e. The van der Waals surface area contributed by atoms with Gasteiger partial charge in [0.15, 0.2) is 0 Å². The number of aliphatic hydroxyl groups is 1. The Balaban J connectivity index is 1.70. The van der Waals surface area contributed by atoms with Gasteiger partial charge in [-0.05, 0) is 49.4 Å². The summed E-state index contributed by atoms with van der Waals surface area (Å²) in [5.74, 6) is -0.692. The lowest BCUT2D eigenvalue weighted by molar-refractivity contribution is -0.125. The summed E-state index contributed by atoms with van der Waals surface area (Å²) in [6.45, 7) is 8.85. The third-order valence-corrected chi connectivity index (χ3v) is 8.07. The van der Waals surface area contributed by atoms with Crippen molar-refractivity contribution in [1.29, 1.82) is 0 Å². The molecular weight excluding hydrogens is 461 g/mol. The molecule has 2 amide bonds. The van der Waals surface area contributed by atoms with Crippen LogP contribution in [0, 0.1) is 17.7 Å². The largest absolute Gasteiger partial charge is 0.376 e. The fourth-order valence-corrected chi connectivity index (χ4v) is 5.26. The summed E-state index contributed by atoms with van der Waals surface area (Å²) in [4.78, 5) is 29.1. The van der Waals surface area contributed by atoms with Gasteiger partial charge in [0.1, 0.15) is 12.0 Å². The molecular formula is C27H44FN5O3. The Morgan fingerprint density at radius 3 is 2.39 bits per heavy atom. The first-order chi connectivity index (χ1) is 17.1. The van der Waals surface area contributed by atoms with E-state index < -0.39 is 24.1 Å². The van der Waals surface area contributed by atoms with Crippen molar-refractivity contribution in [3.8, 4) is 0 Å². The van der Waals surface area contributed by atoms with Gasteiger partial charge in [0.25, 0.3) is 0 Å². The highest BCUT2D eigenvalue weighted by atomic mass is 19.1. The van der Waals surface area contributed by atoms with E-state index in [0.29, 0.717) is 24.6 Å². The van der Waals surface area contributed by atoms with Crippen molar-refractivity contribution in [2.75, 3.05) is 38.5 Å². The predicted octanol–water partition coefficient (Wildman–Crippen LogP) is 2.48. The van der Waals surface area contributed by atoms with Crippen LogP contribution < -0.4 is 16.4 Å². The van der Waals surface area contributed by atoms with Gasteiger partial charge in [-0.1, -0.05) is 39.7 Å². The quantitative estimate of drug-likeness (QED) is 0.410. The van der Waals surface area contributed by atoms with Crippen LogP contribution in [0.5, 0.6) is 0 Å². The van der Waals surface area contributed by atoms with Gasteiger partial charge >= 0.3 is 0 Å². The molecule has 36 heavy (non-hydrogen) atoms. The highest BCUT2D eigenvalue weighted by Crippen LogP contribution is 2.31. The van der Waals surface area contributed by atoms with Crippen molar-refractivity contribution in [3.05, 3.63) is 29.6 Å². The van der Waals surface area contributed by atoms with E-state index in [1.807, 2.05) is 18.9 Å². The van der Waals surface area contributed by atoms with Crippen LogP contribution in [-0.2, 0) is 9.59 Å². The molecule has 1 aromatic carbocycles. The summed E-state index contributed by atoms with van der Waals surface area (Å²) in [6.07, 6.45) is 3.33. The van der Waals surface area contributed by atoms with Crippen molar-refractivity contribution in [1.82, 2.24) is 15.1 Å². The average molecular weight is 506 g/mol. The number of amides is 2. The van der Waals surface area contributed by atoms with E-state index in [9.17, 15) is 14.7 Å². The minimum absolute atomic E-state index is 0.0873. The molecule has 3 rings (SSSR count). The Hall–Kier alpha value is -2.07. The number of piperazine rings is 1. The topological polar surface area (TPSA) is 111 Å². The molecule has 2 aliphatic rings. The number of hydrogen-bond donors (Lipinski definition) is 4. The van der Waals surface area contributed by atoms with Gasteiger partial charge in [-0.25, -0.2) is 4.39 Å². The molecule has 202 valence electrons. The molecule has 0 bridgehead atoms. The van der Waals surface area contributed by atoms with Crippen LogP contribution in [0.25, 0.3) is 0 Å². The number of aliphatic hydroxyl groups excluding tert-OH is 1. The molecule has 1 aliphatic heterocycles. The standard InChI is InChI=1S/C27H44FN5O3/c1-5-23(34)31-25(27(36)33-14-12-32(4)13-15-33)18(3)20-10-11-22(21(28)16-20)30-26(35)24(29)19-8-6-17(2)7-9-19/h10-11,16-19,24-25,27,36H,5-9,12-15,29H2,1-4H3,(H,30,35)(H,31,34)/t17?,18-,19?,24-,25+,27?/m0/s1. The molecule has 4 atom stereocenters. The number of nitrogens with zero attached hydrogens (tertiary/aromatic N) is 2. The van der Waals surface area contributed by atoms with Crippen molar-refractivity contribution in [3.63, 3.8) is 0 Å². The molecule has 9 heteroatoms. The number of carbonyl (C=O) groups is 2. The van der Waals surface area contributed by atoms with E-state index in [4.69, 9.17) is 5.73 Å². The number of nitrogens with one attached hydrogen (secondary N) is 2. The normalized spacial score (nSPS) is 25.0. The molecule has 1 saturated heterocycles. The molecule has 1 aromatic rings. The van der Waals surface area contributed by atoms with Crippen molar-refractivity contribution in [2.45, 2.75) is 77.1 Å². The van der Waals surface area contributed by atoms with E-state index in [1.165, 1.54) is 12.1 Å². The number of nitrogens with two attached hydrogens (primary N) is 1. The first kappa shape index (κ1) is 28.5. The molecule has 8 nitrogen and oxygen atoms in total. The summed E-state index contributed by atoms with van der Waals surface area (Å²) in [5.41, 5.74) is 6.93. The second kappa shape index (κ2) is 12.9. The van der Waals surface area contributed by atoms with Crippen molar-refractivity contribution >= 4 is 17.5 Å². The molecule has 1 unspecified atom stereocenters. The van der Waals surface area contributed by atoms with Crippen LogP contribution in [0.4, 0.5) is 10.1 Å². The first-order valence-electron chi connectivity index (χ1n) is 13.4. The summed E-state index contributed by atoms with van der Waals surface area (Å²) in [7, 11) is 2.04. The number of carbonyl (C=O) groups excluding carboxylic acids is 2. The predicted molar refractivity (Wildman–Crippen MR) is 140 cm³/mol. The summed E-state index contributed by atoms with van der Waals surface area (Å²) in [5, 5.41) is 16.8. The molecule has 1 aliphatic carbocycles. The first-order valence-corrected chi connectivity index (χ1v) is 13.4. The van der Waals surface area contributed by atoms with Crippen LogP contribution in [0.3, 0.4) is 0 Å². The molecule has 0 aromatic heterocycles. The Morgan fingerprint density at radius 1 is 1.17 bits per heavy atom. The van der Waals surface area contributed by atoms with Gasteiger partial charge in [-0.15, -0.1) is 0 Å². The van der Waals surface area contributed by atoms with Gasteiger partial charge in [-0.3, -0.25) is 14.5 Å². The monoisotopic (exact) mass is 505 g/mol. The van der Waals surface area contributed by atoms with Crippen molar-refractivity contribution < 1.29 is 19.1 Å². The van der Waals surface area contributed by atoms with Crippen LogP contribution in [0.1, 0.15) is 64.4 Å². The SMILES string of the molecule is CCC(=O)N[C@@H](C(O)N1CCN(C)CC1)[C@@H](C)c1ccc(NC(=O)[C@@H](N)C2CCC(C)CC2)c(F)c1. The lowest BCUT2D eigenvalue weighted by Crippen LogP contribution is -2.58. The maximum atomic E-state index is 15.1. The summed E-state index contributed by atoms with van der Waals surface area (Å²) in [6, 6.07) is 3.37. The summed E-state index contributed by atoms with van der Waals surface area (Å²) < 4.78 is 15.1. The molecule has 1 saturated carbocycles. The number of rotatable bonds is 9. The maximum absolute atomic E-state index is 15.1. The van der Waals surface area contributed by atoms with Crippen LogP contribution in [0.15, 0.2) is 18.2 Å². The smallest absolute Gasteiger partial charge is 0.241 e. The van der Waals surface area contributed by atoms with Gasteiger partial charge in [0.2, 0.25) is 11.8 Å². The number of likely N-dealkylation sites (N-methyl/N-ethyl adjacent to an activating group) is 1. The lowest BCUT2D eigenvalue weighted by atomic mass is 9.79. The number of anilines is 1. The molecule has 2 fully saturated rings. The van der Waals surface area contributed by atoms with Crippen LogP contribution >= 0.6 is 0 Å². The van der Waals surface area contributed by atoms with Gasteiger partial charge in [-0.2, -0.15) is 0 Å². The van der Waals surface area contributed by atoms with Gasteiger partial charge in [0.05, 0.1) is 17.8 Å². The maximum Gasteiger partial charge on any atom is 0.241 e. The second-order valence-corrected chi connectivity index (χ2v) is 10.8. The molecule has 5 N–H and O–H groups in total. The fraction of sp³-hybridized carbons (Fsp3) is 0.704. The Kier molecular flexibility index (Phi) is 10.2. The minimum atomic E-state index is -0.900. The highest BCUT2D eigenvalue weighted by Gasteiger charge is 2.34. The number of benzene rings is 1. The zero-order chi connectivity index (χ0) is 26.4. The number of halogens is 1. The third kappa shape index (κ3) is 7.25. The van der Waals surface area contributed by atoms with E-state index in [1.54, 1.807) is 13.0 Å². The van der Waals surface area contributed by atoms with E-state index in [-0.39, 0.29) is 35.8 Å². The molecule has 1 heterocycles. The second-order valence-electron chi connectivity index (χ2n) is 10.8. The third-order valence-electron chi connectivity index (χ3n) is 8.07. The van der Waals surface area contributed by atoms with Crippen LogP contribution in [-0.4, -0.2) is 78.3 Å². The Bertz CT molecular complexity index is 884. The zero-order valence-corrected chi connectivity index (χ0v) is 22.2. The molecule has 0 spiro atoms. The van der Waals surface area contributed by atoms with Crippen LogP contribution in [0.2, 0.25) is 0 Å². The van der Waals surface area contributed by atoms with E-state index in [0.717, 1.165) is 38.8 Å². The summed E-state index contributed by atoms with van der Waals surface area (Å²) >= 11 is 0. The lowest BCUT2D eigenvalue weighted by Gasteiger charge is -2.40. The van der Waals surface area contributed by atoms with Crippen molar-refractivity contribution in [2.24, 2.45) is 17.6 Å². The zero-order valence-electron chi connectivity index (χ0n) is 22.2. The highest BCUT2D eigenvalue weighted by molar-refractivity contribution is 5.95. The molecule has 0 radical (unpaired) electrons. The average Bonchev–Trinajstić information content (AvgIpc) is 2.87. The van der Waals surface area contributed by atoms with Gasteiger partial charge in [0, 0.05) is 38.5 Å². The van der Waals surface area contributed by atoms with E-state index in [2.05, 4.69) is 22.5 Å². The Morgan fingerprint density at radius 2 is 1.81 bits per heavy atom. The van der Waals surface area contributed by atoms with E-state index >= 15 is 4.39 Å².